The van der Waals surface area contributed by atoms with Crippen molar-refractivity contribution in [1.29, 1.82) is 0 Å². The van der Waals surface area contributed by atoms with E-state index in [1.54, 1.807) is 0 Å². The van der Waals surface area contributed by atoms with Gasteiger partial charge in [0.1, 0.15) is 6.04 Å². The van der Waals surface area contributed by atoms with E-state index in [9.17, 15) is 9.59 Å². The molecule has 1 aliphatic heterocycles. The molecule has 1 rings (SSSR count). The van der Waals surface area contributed by atoms with Crippen molar-refractivity contribution >= 4 is 23.3 Å². The van der Waals surface area contributed by atoms with Crippen LogP contribution in [0.4, 0.5) is 0 Å². The van der Waals surface area contributed by atoms with Gasteiger partial charge in [-0.3, -0.25) is 9.59 Å². The normalized spacial score (nSPS) is 25.7. The van der Waals surface area contributed by atoms with Gasteiger partial charge in [0.25, 0.3) is 0 Å². The van der Waals surface area contributed by atoms with Crippen LogP contribution in [-0.2, 0) is 9.59 Å². The zero-order chi connectivity index (χ0) is 9.14. The quantitative estimate of drug-likeness (QED) is 0.529. The average molecular weight is 190 g/mol. The zero-order valence-electron chi connectivity index (χ0n) is 6.97. The number of alkyl halides is 1. The van der Waals surface area contributed by atoms with E-state index in [0.29, 0.717) is 0 Å². The smallest absolute Gasteiger partial charge is 0.228 e. The van der Waals surface area contributed by atoms with Gasteiger partial charge < -0.3 is 5.32 Å². The summed E-state index contributed by atoms with van der Waals surface area (Å²) in [6, 6.07) is -0.445. The number of ketones is 1. The van der Waals surface area contributed by atoms with E-state index in [4.69, 9.17) is 11.6 Å². The number of hydrogen-bond acceptors (Lipinski definition) is 2. The molecule has 1 fully saturated rings. The van der Waals surface area contributed by atoms with Crippen LogP contribution in [0.5, 0.6) is 0 Å². The fourth-order valence-electron chi connectivity index (χ4n) is 1.31. The average Bonchev–Trinajstić information content (AvgIpc) is 2.30. The van der Waals surface area contributed by atoms with Crippen molar-refractivity contribution in [3.63, 3.8) is 0 Å². The van der Waals surface area contributed by atoms with Crippen LogP contribution >= 0.6 is 11.6 Å². The number of Topliss-reactive ketones (excluding diaryl/α,β-unsaturated/α-hetero) is 1. The molecule has 1 aliphatic rings. The number of nitrogens with one attached hydrogen (secondary N) is 1. The van der Waals surface area contributed by atoms with Gasteiger partial charge in [-0.15, -0.1) is 11.6 Å². The van der Waals surface area contributed by atoms with Crippen LogP contribution in [0.1, 0.15) is 26.2 Å². The fraction of sp³-hybridized carbons (Fsp3) is 0.750. The van der Waals surface area contributed by atoms with Crippen molar-refractivity contribution in [3.8, 4) is 0 Å². The minimum Gasteiger partial charge on any atom is -0.344 e. The van der Waals surface area contributed by atoms with E-state index in [-0.39, 0.29) is 23.5 Å². The Kier molecular flexibility index (Phi) is 3.09. The van der Waals surface area contributed by atoms with Crippen molar-refractivity contribution in [2.75, 3.05) is 0 Å². The lowest BCUT2D eigenvalue weighted by atomic mass is 10.1. The summed E-state index contributed by atoms with van der Waals surface area (Å²) in [6.45, 7) is 2.00. The van der Waals surface area contributed by atoms with Gasteiger partial charge in [-0.2, -0.15) is 0 Å². The molecule has 12 heavy (non-hydrogen) atoms. The lowest BCUT2D eigenvalue weighted by Gasteiger charge is -2.14. The topological polar surface area (TPSA) is 46.2 Å². The van der Waals surface area contributed by atoms with Crippen LogP contribution in [0.15, 0.2) is 0 Å². The first kappa shape index (κ1) is 9.52. The largest absolute Gasteiger partial charge is 0.344 e. The summed E-state index contributed by atoms with van der Waals surface area (Å²) < 4.78 is 0. The molecule has 68 valence electrons. The molecule has 0 bridgehead atoms. The predicted molar refractivity (Wildman–Crippen MR) is 46.1 cm³/mol. The summed E-state index contributed by atoms with van der Waals surface area (Å²) in [5.41, 5.74) is 0. The molecular formula is C8H12ClNO2. The summed E-state index contributed by atoms with van der Waals surface area (Å²) >= 11 is 5.91. The molecule has 1 heterocycles. The summed E-state index contributed by atoms with van der Waals surface area (Å²) in [6.07, 6.45) is 1.68. The van der Waals surface area contributed by atoms with Gasteiger partial charge in [0, 0.05) is 0 Å². The third kappa shape index (κ3) is 1.97. The third-order valence-corrected chi connectivity index (χ3v) is 2.39. The minimum absolute atomic E-state index is 0.00238. The Bertz CT molecular complexity index is 205. The summed E-state index contributed by atoms with van der Waals surface area (Å²) in [5, 5.41) is 2.33. The van der Waals surface area contributed by atoms with E-state index in [2.05, 4.69) is 5.32 Å². The molecule has 3 nitrogen and oxygen atoms in total. The molecule has 0 spiro atoms. The van der Waals surface area contributed by atoms with Crippen LogP contribution in [0.25, 0.3) is 0 Å². The lowest BCUT2D eigenvalue weighted by Crippen LogP contribution is -2.37. The molecule has 2 unspecified atom stereocenters. The van der Waals surface area contributed by atoms with Crippen LogP contribution in [0, 0.1) is 0 Å². The van der Waals surface area contributed by atoms with Gasteiger partial charge in [-0.25, -0.2) is 0 Å². The van der Waals surface area contributed by atoms with Crippen molar-refractivity contribution < 1.29 is 9.59 Å². The maximum Gasteiger partial charge on any atom is 0.228 e. The highest BCUT2D eigenvalue weighted by atomic mass is 35.5. The molecule has 0 aliphatic carbocycles. The third-order valence-electron chi connectivity index (χ3n) is 1.92. The minimum atomic E-state index is -0.445. The first-order chi connectivity index (χ1) is 5.65. The number of rotatable bonds is 3. The Morgan fingerprint density at radius 2 is 2.33 bits per heavy atom. The van der Waals surface area contributed by atoms with Gasteiger partial charge in [0.2, 0.25) is 5.91 Å². The number of halogens is 1. The molecule has 0 aromatic heterocycles. The van der Waals surface area contributed by atoms with Gasteiger partial charge in [-0.1, -0.05) is 13.3 Å². The van der Waals surface area contributed by atoms with E-state index >= 15 is 0 Å². The molecule has 1 N–H and O–H groups in total. The fourth-order valence-corrected chi connectivity index (χ4v) is 1.73. The van der Waals surface area contributed by atoms with Crippen LogP contribution < -0.4 is 5.32 Å². The Hall–Kier alpha value is -0.570. The second kappa shape index (κ2) is 3.90. The number of carbonyl (C=O) groups is 2. The molecule has 1 amide bonds. The molecule has 0 radical (unpaired) electrons. The van der Waals surface area contributed by atoms with Crippen molar-refractivity contribution in [1.82, 2.24) is 5.32 Å². The second-order valence-electron chi connectivity index (χ2n) is 2.99. The predicted octanol–water partition coefficient (Wildman–Crippen LogP) is 0.851. The maximum absolute atomic E-state index is 11.1. The van der Waals surface area contributed by atoms with Crippen molar-refractivity contribution in [3.05, 3.63) is 0 Å². The van der Waals surface area contributed by atoms with Crippen molar-refractivity contribution in [2.45, 2.75) is 37.6 Å². The standard InChI is InChI=1S/C8H12ClNO2/c1-2-3-5(9)8-6(11)4-7(12)10-8/h5,8H,2-4H2,1H3,(H,10,12). The number of amides is 1. The SMILES string of the molecule is CCCC(Cl)C1NC(=O)CC1=O. The van der Waals surface area contributed by atoms with E-state index in [1.807, 2.05) is 6.92 Å². The van der Waals surface area contributed by atoms with Crippen LogP contribution in [0.3, 0.4) is 0 Å². The number of hydrogen-bond donors (Lipinski definition) is 1. The Balaban J connectivity index is 2.51. The van der Waals surface area contributed by atoms with Gasteiger partial charge in [0.05, 0.1) is 11.8 Å². The molecule has 0 aromatic carbocycles. The first-order valence-corrected chi connectivity index (χ1v) is 4.55. The zero-order valence-corrected chi connectivity index (χ0v) is 7.73. The van der Waals surface area contributed by atoms with E-state index in [1.165, 1.54) is 0 Å². The molecule has 0 aromatic rings. The highest BCUT2D eigenvalue weighted by Gasteiger charge is 2.34. The maximum atomic E-state index is 11.1. The van der Waals surface area contributed by atoms with Gasteiger partial charge >= 0.3 is 0 Å². The van der Waals surface area contributed by atoms with Crippen LogP contribution in [-0.4, -0.2) is 23.1 Å². The Morgan fingerprint density at radius 1 is 1.67 bits per heavy atom. The highest BCUT2D eigenvalue weighted by Crippen LogP contribution is 2.16. The summed E-state index contributed by atoms with van der Waals surface area (Å²) in [7, 11) is 0. The van der Waals surface area contributed by atoms with E-state index in [0.717, 1.165) is 12.8 Å². The summed E-state index contributed by atoms with van der Waals surface area (Å²) in [5.74, 6) is -0.278. The molecule has 0 saturated carbocycles. The molecule has 4 heteroatoms. The molecule has 1 saturated heterocycles. The highest BCUT2D eigenvalue weighted by molar-refractivity contribution is 6.24. The first-order valence-electron chi connectivity index (χ1n) is 4.11. The Morgan fingerprint density at radius 3 is 2.75 bits per heavy atom. The summed E-state index contributed by atoms with van der Waals surface area (Å²) in [4.78, 5) is 21.9. The molecule has 2 atom stereocenters. The van der Waals surface area contributed by atoms with Gasteiger partial charge in [-0.05, 0) is 6.42 Å². The van der Waals surface area contributed by atoms with Crippen molar-refractivity contribution in [2.24, 2.45) is 0 Å². The van der Waals surface area contributed by atoms with Crippen LogP contribution in [0.2, 0.25) is 0 Å². The Labute approximate surface area is 76.5 Å². The van der Waals surface area contributed by atoms with E-state index < -0.39 is 6.04 Å². The lowest BCUT2D eigenvalue weighted by molar-refractivity contribution is -0.122. The molecular weight excluding hydrogens is 178 g/mol. The van der Waals surface area contributed by atoms with Gasteiger partial charge in [0.15, 0.2) is 5.78 Å². The monoisotopic (exact) mass is 189 g/mol. The second-order valence-corrected chi connectivity index (χ2v) is 3.55. The number of carbonyl (C=O) groups excluding carboxylic acids is 2.